The Morgan fingerprint density at radius 2 is 1.89 bits per heavy atom. The van der Waals surface area contributed by atoms with Crippen molar-refractivity contribution < 1.29 is 4.74 Å². The van der Waals surface area contributed by atoms with Crippen LogP contribution in [0.4, 0.5) is 0 Å². The molecule has 2 fully saturated rings. The topological polar surface area (TPSA) is 15.7 Å². The van der Waals surface area contributed by atoms with Crippen LogP contribution in [0.25, 0.3) is 0 Å². The predicted octanol–water partition coefficient (Wildman–Crippen LogP) is 1.96. The first-order valence-electron chi connectivity index (χ1n) is 7.43. The van der Waals surface area contributed by atoms with Gasteiger partial charge in [0.2, 0.25) is 0 Å². The normalized spacial score (nSPS) is 25.8. The van der Waals surface area contributed by atoms with E-state index < -0.39 is 0 Å². The first-order valence-corrected chi connectivity index (χ1v) is 7.43. The summed E-state index contributed by atoms with van der Waals surface area (Å²) in [5.41, 5.74) is 1.46. The average Bonchev–Trinajstić information content (AvgIpc) is 2.95. The van der Waals surface area contributed by atoms with E-state index >= 15 is 0 Å². The molecule has 3 rings (SSSR count). The second kappa shape index (κ2) is 6.51. The second-order valence-corrected chi connectivity index (χ2v) is 5.48. The molecule has 1 atom stereocenters. The molecule has 103 valence electrons. The number of likely N-dealkylation sites (tertiary alicyclic amines) is 1. The summed E-state index contributed by atoms with van der Waals surface area (Å²) in [6.07, 6.45) is 2.62. The summed E-state index contributed by atoms with van der Waals surface area (Å²) < 4.78 is 5.40. The van der Waals surface area contributed by atoms with Crippen LogP contribution < -0.4 is 0 Å². The molecule has 0 saturated carbocycles. The lowest BCUT2D eigenvalue weighted by atomic mass is 10.0. The van der Waals surface area contributed by atoms with E-state index in [1.807, 2.05) is 12.1 Å². The molecule has 2 heterocycles. The molecule has 2 aliphatic rings. The zero-order valence-electron chi connectivity index (χ0n) is 11.6. The highest BCUT2D eigenvalue weighted by Crippen LogP contribution is 2.31. The third-order valence-corrected chi connectivity index (χ3v) is 4.30. The lowest BCUT2D eigenvalue weighted by molar-refractivity contribution is 0.0327. The monoisotopic (exact) mass is 259 g/mol. The van der Waals surface area contributed by atoms with Crippen molar-refractivity contribution in [2.45, 2.75) is 18.9 Å². The van der Waals surface area contributed by atoms with Crippen LogP contribution in [0.2, 0.25) is 0 Å². The summed E-state index contributed by atoms with van der Waals surface area (Å²) in [6.45, 7) is 7.60. The van der Waals surface area contributed by atoms with Crippen LogP contribution in [-0.2, 0) is 4.74 Å². The number of benzene rings is 1. The zero-order valence-corrected chi connectivity index (χ0v) is 11.6. The smallest absolute Gasteiger partial charge is 0.0594 e. The fourth-order valence-corrected chi connectivity index (χ4v) is 3.19. The van der Waals surface area contributed by atoms with Crippen molar-refractivity contribution in [2.24, 2.45) is 0 Å². The van der Waals surface area contributed by atoms with E-state index in [9.17, 15) is 0 Å². The minimum absolute atomic E-state index is 0.621. The molecule has 19 heavy (non-hydrogen) atoms. The first-order chi connectivity index (χ1) is 9.43. The summed E-state index contributed by atoms with van der Waals surface area (Å²) in [5, 5.41) is 0. The number of rotatable bonds is 4. The number of ether oxygens (including phenoxy) is 1. The van der Waals surface area contributed by atoms with Crippen molar-refractivity contribution in [1.82, 2.24) is 9.80 Å². The minimum Gasteiger partial charge on any atom is -0.379 e. The molecule has 3 nitrogen and oxygen atoms in total. The van der Waals surface area contributed by atoms with Crippen LogP contribution in [0.1, 0.15) is 24.4 Å². The fourth-order valence-electron chi connectivity index (χ4n) is 3.19. The standard InChI is InChI=1S/C16H23N2O/c1-2-5-15(6-3-1)16-7-4-8-18(16)10-9-17-11-13-19-14-12-17/h2-3,5-6,16H,4,7-14H2. The van der Waals surface area contributed by atoms with Crippen LogP contribution in [-0.4, -0.2) is 55.7 Å². The van der Waals surface area contributed by atoms with E-state index in [0.717, 1.165) is 26.3 Å². The Morgan fingerprint density at radius 1 is 1.11 bits per heavy atom. The van der Waals surface area contributed by atoms with Crippen molar-refractivity contribution in [2.75, 3.05) is 45.9 Å². The van der Waals surface area contributed by atoms with Gasteiger partial charge in [0.05, 0.1) is 13.2 Å². The third kappa shape index (κ3) is 3.35. The van der Waals surface area contributed by atoms with E-state index in [1.165, 1.54) is 38.0 Å². The van der Waals surface area contributed by atoms with Crippen LogP contribution >= 0.6 is 0 Å². The largest absolute Gasteiger partial charge is 0.379 e. The first kappa shape index (κ1) is 13.1. The van der Waals surface area contributed by atoms with Crippen molar-refractivity contribution >= 4 is 0 Å². The van der Waals surface area contributed by atoms with Gasteiger partial charge in [-0.25, -0.2) is 0 Å². The number of nitrogens with zero attached hydrogens (tertiary/aromatic N) is 2. The van der Waals surface area contributed by atoms with E-state index in [-0.39, 0.29) is 0 Å². The molecule has 1 aromatic carbocycles. The highest BCUT2D eigenvalue weighted by Gasteiger charge is 2.25. The van der Waals surface area contributed by atoms with Crippen LogP contribution in [0.5, 0.6) is 0 Å². The van der Waals surface area contributed by atoms with Gasteiger partial charge in [0.1, 0.15) is 0 Å². The molecule has 0 bridgehead atoms. The molecule has 0 aromatic heterocycles. The van der Waals surface area contributed by atoms with Gasteiger partial charge in [-0.2, -0.15) is 0 Å². The Bertz CT molecular complexity index is 376. The second-order valence-electron chi connectivity index (χ2n) is 5.48. The molecule has 2 saturated heterocycles. The summed E-state index contributed by atoms with van der Waals surface area (Å²) in [7, 11) is 0. The lowest BCUT2D eigenvalue weighted by Crippen LogP contribution is -2.41. The van der Waals surface area contributed by atoms with Gasteiger partial charge in [0.15, 0.2) is 0 Å². The lowest BCUT2D eigenvalue weighted by Gasteiger charge is -2.31. The molecular weight excluding hydrogens is 236 g/mol. The molecule has 2 aliphatic heterocycles. The van der Waals surface area contributed by atoms with E-state index in [0.29, 0.717) is 6.04 Å². The quantitative estimate of drug-likeness (QED) is 0.822. The van der Waals surface area contributed by atoms with E-state index in [2.05, 4.69) is 28.0 Å². The zero-order chi connectivity index (χ0) is 12.9. The Kier molecular flexibility index (Phi) is 4.49. The van der Waals surface area contributed by atoms with E-state index in [4.69, 9.17) is 4.74 Å². The summed E-state index contributed by atoms with van der Waals surface area (Å²) in [4.78, 5) is 5.17. The molecule has 0 amide bonds. The Labute approximate surface area is 116 Å². The maximum absolute atomic E-state index is 5.40. The van der Waals surface area contributed by atoms with Gasteiger partial charge in [-0.15, -0.1) is 0 Å². The summed E-state index contributed by atoms with van der Waals surface area (Å²) in [6, 6.07) is 12.2. The summed E-state index contributed by atoms with van der Waals surface area (Å²) >= 11 is 0. The van der Waals surface area contributed by atoms with Gasteiger partial charge in [-0.3, -0.25) is 9.80 Å². The highest BCUT2D eigenvalue weighted by atomic mass is 16.5. The summed E-state index contributed by atoms with van der Waals surface area (Å²) in [5.74, 6) is 0. The molecule has 1 unspecified atom stereocenters. The van der Waals surface area contributed by atoms with Crippen LogP contribution in [0, 0.1) is 6.07 Å². The molecular formula is C16H23N2O. The molecule has 1 radical (unpaired) electrons. The molecule has 1 aromatic rings. The maximum atomic E-state index is 5.40. The molecule has 0 aliphatic carbocycles. The van der Waals surface area contributed by atoms with Gasteiger partial charge in [0, 0.05) is 32.2 Å². The molecule has 0 spiro atoms. The Hall–Kier alpha value is -0.900. The van der Waals surface area contributed by atoms with Gasteiger partial charge in [-0.1, -0.05) is 24.3 Å². The van der Waals surface area contributed by atoms with E-state index in [1.54, 1.807) is 0 Å². The maximum Gasteiger partial charge on any atom is 0.0594 e. The van der Waals surface area contributed by atoms with Crippen molar-refractivity contribution in [3.63, 3.8) is 0 Å². The predicted molar refractivity (Wildman–Crippen MR) is 76.1 cm³/mol. The van der Waals surface area contributed by atoms with Gasteiger partial charge in [-0.05, 0) is 31.0 Å². The Morgan fingerprint density at radius 3 is 2.68 bits per heavy atom. The van der Waals surface area contributed by atoms with Gasteiger partial charge < -0.3 is 4.74 Å². The number of hydrogen-bond acceptors (Lipinski definition) is 3. The van der Waals surface area contributed by atoms with Crippen molar-refractivity contribution in [3.05, 3.63) is 35.9 Å². The molecule has 3 heteroatoms. The van der Waals surface area contributed by atoms with Crippen LogP contribution in [0.15, 0.2) is 24.3 Å². The molecule has 0 N–H and O–H groups in total. The fraction of sp³-hybridized carbons (Fsp3) is 0.625. The Balaban J connectivity index is 1.54. The number of morpholine rings is 1. The van der Waals surface area contributed by atoms with Crippen LogP contribution in [0.3, 0.4) is 0 Å². The van der Waals surface area contributed by atoms with Crippen molar-refractivity contribution in [1.29, 1.82) is 0 Å². The average molecular weight is 259 g/mol. The van der Waals surface area contributed by atoms with Gasteiger partial charge in [0.25, 0.3) is 0 Å². The van der Waals surface area contributed by atoms with Gasteiger partial charge >= 0.3 is 0 Å². The SMILES string of the molecule is [c]1ccc(C2CCCN2CCN2CCOCC2)cc1. The van der Waals surface area contributed by atoms with Crippen molar-refractivity contribution in [3.8, 4) is 0 Å². The number of hydrogen-bond donors (Lipinski definition) is 0. The minimum atomic E-state index is 0.621. The highest BCUT2D eigenvalue weighted by molar-refractivity contribution is 5.19. The third-order valence-electron chi connectivity index (χ3n) is 4.30.